The number of nitrogens with one attached hydrogen (secondary N) is 1. The Balaban J connectivity index is 1.48. The summed E-state index contributed by atoms with van der Waals surface area (Å²) in [5, 5.41) is 7.59. The van der Waals surface area contributed by atoms with Crippen molar-refractivity contribution in [3.63, 3.8) is 0 Å². The number of anilines is 1. The quantitative estimate of drug-likeness (QED) is 0.815. The van der Waals surface area contributed by atoms with E-state index >= 15 is 0 Å². The molecule has 6 nitrogen and oxygen atoms in total. The zero-order valence-electron chi connectivity index (χ0n) is 13.1. The van der Waals surface area contributed by atoms with Crippen LogP contribution in [0.5, 0.6) is 0 Å². The molecular weight excluding hydrogens is 330 g/mol. The van der Waals surface area contributed by atoms with Crippen LogP contribution in [0.2, 0.25) is 5.02 Å². The molecule has 1 unspecified atom stereocenters. The van der Waals surface area contributed by atoms with Crippen LogP contribution in [0.25, 0.3) is 0 Å². The molecule has 2 aromatic rings. The molecule has 1 fully saturated rings. The van der Waals surface area contributed by atoms with Crippen LogP contribution >= 0.6 is 11.6 Å². The van der Waals surface area contributed by atoms with Crippen molar-refractivity contribution in [3.8, 4) is 0 Å². The molecule has 3 rings (SSSR count). The third-order valence-electron chi connectivity index (χ3n) is 3.91. The Kier molecular flexibility index (Phi) is 5.27. The van der Waals surface area contributed by atoms with Gasteiger partial charge in [0.15, 0.2) is 5.78 Å². The number of carbonyl (C=O) groups is 2. The number of nitrogens with zero attached hydrogens (tertiary/aromatic N) is 2. The molecule has 0 radical (unpaired) electrons. The fourth-order valence-corrected chi connectivity index (χ4v) is 2.69. The smallest absolute Gasteiger partial charge is 0.224 e. The Hall–Kier alpha value is -2.18. The van der Waals surface area contributed by atoms with Gasteiger partial charge in [0.2, 0.25) is 5.91 Å². The van der Waals surface area contributed by atoms with Crippen molar-refractivity contribution in [1.82, 2.24) is 9.78 Å². The predicted octanol–water partition coefficient (Wildman–Crippen LogP) is 3.10. The number of rotatable bonds is 6. The molecule has 0 bridgehead atoms. The first-order chi connectivity index (χ1) is 11.6. The monoisotopic (exact) mass is 347 g/mol. The van der Waals surface area contributed by atoms with E-state index < -0.39 is 0 Å². The lowest BCUT2D eigenvalue weighted by Crippen LogP contribution is -2.13. The second-order valence-corrected chi connectivity index (χ2v) is 6.14. The van der Waals surface area contributed by atoms with Crippen molar-refractivity contribution in [2.45, 2.75) is 25.3 Å². The van der Waals surface area contributed by atoms with Gasteiger partial charge in [-0.15, -0.1) is 0 Å². The molecule has 1 aromatic heterocycles. The minimum Gasteiger partial charge on any atom is -0.379 e. The average molecular weight is 348 g/mol. The van der Waals surface area contributed by atoms with Gasteiger partial charge in [-0.05, 0) is 30.7 Å². The summed E-state index contributed by atoms with van der Waals surface area (Å²) < 4.78 is 7.13. The predicted molar refractivity (Wildman–Crippen MR) is 90.3 cm³/mol. The minimum absolute atomic E-state index is 0.0828. The average Bonchev–Trinajstić information content (AvgIpc) is 3.24. The number of ketones is 1. The molecule has 1 aliphatic rings. The third kappa shape index (κ3) is 4.21. The van der Waals surface area contributed by atoms with Gasteiger partial charge in [-0.3, -0.25) is 14.3 Å². The highest BCUT2D eigenvalue weighted by molar-refractivity contribution is 6.30. The van der Waals surface area contributed by atoms with Gasteiger partial charge in [-0.1, -0.05) is 11.6 Å². The topological polar surface area (TPSA) is 73.2 Å². The standard InChI is InChI=1S/C17H18ClN3O3/c18-13-3-1-12(2-4-13)16(22)5-6-17(23)20-14-9-19-21(10-14)15-7-8-24-11-15/h1-4,9-10,15H,5-8,11H2,(H,20,23). The first-order valence-corrected chi connectivity index (χ1v) is 8.20. The second kappa shape index (κ2) is 7.59. The number of aromatic nitrogens is 2. The molecular formula is C17H18ClN3O3. The normalized spacial score (nSPS) is 17.0. The van der Waals surface area contributed by atoms with Gasteiger partial charge in [-0.2, -0.15) is 5.10 Å². The van der Waals surface area contributed by atoms with E-state index in [1.165, 1.54) is 0 Å². The highest BCUT2D eigenvalue weighted by Crippen LogP contribution is 2.20. The number of Topliss-reactive ketones (excluding diaryl/α,β-unsaturated/α-hetero) is 1. The molecule has 1 aliphatic heterocycles. The highest BCUT2D eigenvalue weighted by Gasteiger charge is 2.18. The Morgan fingerprint density at radius 3 is 2.79 bits per heavy atom. The molecule has 1 saturated heterocycles. The zero-order valence-corrected chi connectivity index (χ0v) is 13.8. The number of hydrogen-bond acceptors (Lipinski definition) is 4. The van der Waals surface area contributed by atoms with Crippen molar-refractivity contribution in [1.29, 1.82) is 0 Å². The van der Waals surface area contributed by atoms with Crippen LogP contribution in [0.1, 0.15) is 35.7 Å². The zero-order chi connectivity index (χ0) is 16.9. The van der Waals surface area contributed by atoms with Crippen LogP contribution in [-0.4, -0.2) is 34.7 Å². The lowest BCUT2D eigenvalue weighted by molar-refractivity contribution is -0.116. The molecule has 126 valence electrons. The molecule has 0 spiro atoms. The molecule has 7 heteroatoms. The summed E-state index contributed by atoms with van der Waals surface area (Å²) in [5.41, 5.74) is 1.19. The van der Waals surface area contributed by atoms with Crippen molar-refractivity contribution in [2.75, 3.05) is 18.5 Å². The van der Waals surface area contributed by atoms with Crippen LogP contribution in [0.3, 0.4) is 0 Å². The Bertz CT molecular complexity index is 721. The van der Waals surface area contributed by atoms with Crippen LogP contribution in [-0.2, 0) is 9.53 Å². The number of benzene rings is 1. The van der Waals surface area contributed by atoms with Gasteiger partial charge in [0, 0.05) is 36.2 Å². The van der Waals surface area contributed by atoms with E-state index in [1.807, 2.05) is 4.68 Å². The highest BCUT2D eigenvalue weighted by atomic mass is 35.5. The Labute approximate surface area is 144 Å². The summed E-state index contributed by atoms with van der Waals surface area (Å²) in [5.74, 6) is -0.292. The molecule has 1 atom stereocenters. The van der Waals surface area contributed by atoms with E-state index in [9.17, 15) is 9.59 Å². The van der Waals surface area contributed by atoms with Crippen LogP contribution in [0, 0.1) is 0 Å². The summed E-state index contributed by atoms with van der Waals surface area (Å²) in [4.78, 5) is 24.0. The van der Waals surface area contributed by atoms with Gasteiger partial charge in [0.1, 0.15) is 0 Å². The van der Waals surface area contributed by atoms with Crippen molar-refractivity contribution in [2.24, 2.45) is 0 Å². The fourth-order valence-electron chi connectivity index (χ4n) is 2.56. The number of ether oxygens (including phenoxy) is 1. The number of halogens is 1. The molecule has 1 amide bonds. The molecule has 0 saturated carbocycles. The van der Waals surface area contributed by atoms with E-state index in [4.69, 9.17) is 16.3 Å². The molecule has 0 aliphatic carbocycles. The van der Waals surface area contributed by atoms with Crippen LogP contribution in [0.15, 0.2) is 36.7 Å². The number of hydrogen-bond donors (Lipinski definition) is 1. The summed E-state index contributed by atoms with van der Waals surface area (Å²) in [6, 6.07) is 6.88. The van der Waals surface area contributed by atoms with Gasteiger partial charge in [0.05, 0.1) is 24.5 Å². The largest absolute Gasteiger partial charge is 0.379 e. The summed E-state index contributed by atoms with van der Waals surface area (Å²) in [6.45, 7) is 1.38. The maximum Gasteiger partial charge on any atom is 0.224 e. The molecule has 1 aromatic carbocycles. The first kappa shape index (κ1) is 16.7. The maximum atomic E-state index is 12.0. The van der Waals surface area contributed by atoms with E-state index in [1.54, 1.807) is 36.7 Å². The third-order valence-corrected chi connectivity index (χ3v) is 4.16. The van der Waals surface area contributed by atoms with E-state index in [2.05, 4.69) is 10.4 Å². The van der Waals surface area contributed by atoms with Crippen molar-refractivity contribution < 1.29 is 14.3 Å². The fraction of sp³-hybridized carbons (Fsp3) is 0.353. The lowest BCUT2D eigenvalue weighted by atomic mass is 10.1. The van der Waals surface area contributed by atoms with Gasteiger partial charge >= 0.3 is 0 Å². The molecule has 24 heavy (non-hydrogen) atoms. The first-order valence-electron chi connectivity index (χ1n) is 7.82. The van der Waals surface area contributed by atoms with Crippen molar-refractivity contribution >= 4 is 29.0 Å². The SMILES string of the molecule is O=C(CCC(=O)c1ccc(Cl)cc1)Nc1cnn(C2CCOC2)c1. The summed E-state index contributed by atoms with van der Waals surface area (Å²) in [6.07, 6.45) is 4.59. The molecule has 1 N–H and O–H groups in total. The lowest BCUT2D eigenvalue weighted by Gasteiger charge is -2.07. The van der Waals surface area contributed by atoms with Crippen LogP contribution < -0.4 is 5.32 Å². The second-order valence-electron chi connectivity index (χ2n) is 5.70. The van der Waals surface area contributed by atoms with E-state index in [0.717, 1.165) is 13.0 Å². The minimum atomic E-state index is -0.209. The van der Waals surface area contributed by atoms with Crippen molar-refractivity contribution in [3.05, 3.63) is 47.2 Å². The number of carbonyl (C=O) groups excluding carboxylic acids is 2. The number of amides is 1. The summed E-state index contributed by atoms with van der Waals surface area (Å²) >= 11 is 5.79. The molecule has 2 heterocycles. The van der Waals surface area contributed by atoms with E-state index in [0.29, 0.717) is 22.9 Å². The van der Waals surface area contributed by atoms with Gasteiger partial charge in [-0.25, -0.2) is 0 Å². The Morgan fingerprint density at radius 2 is 2.08 bits per heavy atom. The van der Waals surface area contributed by atoms with E-state index in [-0.39, 0.29) is 30.6 Å². The van der Waals surface area contributed by atoms with Gasteiger partial charge < -0.3 is 10.1 Å². The Morgan fingerprint density at radius 1 is 1.29 bits per heavy atom. The van der Waals surface area contributed by atoms with Gasteiger partial charge in [0.25, 0.3) is 0 Å². The maximum absolute atomic E-state index is 12.0. The van der Waals surface area contributed by atoms with Crippen LogP contribution in [0.4, 0.5) is 5.69 Å². The summed E-state index contributed by atoms with van der Waals surface area (Å²) in [7, 11) is 0.